The molecule has 0 aliphatic carbocycles. The van der Waals surface area contributed by atoms with Crippen LogP contribution in [0.3, 0.4) is 0 Å². The van der Waals surface area contributed by atoms with Crippen molar-refractivity contribution in [3.63, 3.8) is 0 Å². The Bertz CT molecular complexity index is 1410. The molecule has 0 aliphatic rings. The number of nitrogens with one attached hydrogen (secondary N) is 1. The quantitative estimate of drug-likeness (QED) is 0.304. The molecule has 1 atom stereocenters. The Kier molecular flexibility index (Phi) is 6.66. The number of halogens is 1. The van der Waals surface area contributed by atoms with E-state index in [-0.39, 0.29) is 24.1 Å². The van der Waals surface area contributed by atoms with Gasteiger partial charge in [0.1, 0.15) is 5.82 Å². The van der Waals surface area contributed by atoms with E-state index in [1.807, 2.05) is 42.5 Å². The van der Waals surface area contributed by atoms with Crippen molar-refractivity contribution in [3.05, 3.63) is 138 Å². The van der Waals surface area contributed by atoms with Crippen LogP contribution in [-0.2, 0) is 17.9 Å². The molecule has 0 fully saturated rings. The lowest BCUT2D eigenvalue weighted by Gasteiger charge is -2.17. The number of aromatic nitrogens is 2. The summed E-state index contributed by atoms with van der Waals surface area (Å²) in [6.07, 6.45) is 5.83. The molecule has 5 aromatic rings. The fraction of sp³-hybridized carbons (Fsp3) is 0.133. The van der Waals surface area contributed by atoms with Crippen LogP contribution in [0.15, 0.2) is 110 Å². The Morgan fingerprint density at radius 2 is 1.57 bits per heavy atom. The van der Waals surface area contributed by atoms with E-state index in [2.05, 4.69) is 45.3 Å². The Hall–Kier alpha value is -4.25. The lowest BCUT2D eigenvalue weighted by Crippen LogP contribution is -2.25. The number of carbonyl (C=O) groups excluding carboxylic acids is 1. The summed E-state index contributed by atoms with van der Waals surface area (Å²) in [7, 11) is 0. The van der Waals surface area contributed by atoms with E-state index in [9.17, 15) is 9.18 Å². The van der Waals surface area contributed by atoms with Gasteiger partial charge in [-0.25, -0.2) is 4.39 Å². The first kappa shape index (κ1) is 22.5. The standard InChI is InChI=1S/C30H26FN3O/c31-25-12-10-24(11-13-25)27(18-30(35)33-19-22-14-16-32-17-15-22)28-21-34(20-23-6-2-1-3-7-23)29-9-5-4-8-26(28)29/h1-17,21,27H,18-20H2,(H,33,35). The molecule has 5 rings (SSSR count). The molecule has 0 spiro atoms. The topological polar surface area (TPSA) is 46.9 Å². The van der Waals surface area contributed by atoms with E-state index in [4.69, 9.17) is 0 Å². The van der Waals surface area contributed by atoms with Gasteiger partial charge in [-0.3, -0.25) is 9.78 Å². The number of rotatable bonds is 8. The van der Waals surface area contributed by atoms with Crippen molar-refractivity contribution >= 4 is 16.8 Å². The fourth-order valence-corrected chi connectivity index (χ4v) is 4.53. The number of nitrogens with zero attached hydrogens (tertiary/aromatic N) is 2. The van der Waals surface area contributed by atoms with Gasteiger partial charge in [0, 0.05) is 54.9 Å². The fourth-order valence-electron chi connectivity index (χ4n) is 4.53. The summed E-state index contributed by atoms with van der Waals surface area (Å²) in [5.41, 5.74) is 5.27. The summed E-state index contributed by atoms with van der Waals surface area (Å²) in [5.74, 6) is -0.563. The van der Waals surface area contributed by atoms with Crippen molar-refractivity contribution in [1.82, 2.24) is 14.9 Å². The summed E-state index contributed by atoms with van der Waals surface area (Å²) in [6.45, 7) is 1.17. The van der Waals surface area contributed by atoms with Gasteiger partial charge in [0.25, 0.3) is 0 Å². The second kappa shape index (κ2) is 10.3. The molecule has 4 nitrogen and oxygen atoms in total. The average Bonchev–Trinajstić information content (AvgIpc) is 3.26. The van der Waals surface area contributed by atoms with E-state index >= 15 is 0 Å². The van der Waals surface area contributed by atoms with Crippen LogP contribution < -0.4 is 5.32 Å². The summed E-state index contributed by atoms with van der Waals surface area (Å²) < 4.78 is 16.0. The highest BCUT2D eigenvalue weighted by molar-refractivity contribution is 5.86. The smallest absolute Gasteiger partial charge is 0.221 e. The molecule has 2 aromatic heterocycles. The molecule has 0 radical (unpaired) electrons. The van der Waals surface area contributed by atoms with Crippen molar-refractivity contribution in [2.24, 2.45) is 0 Å². The van der Waals surface area contributed by atoms with Gasteiger partial charge in [-0.2, -0.15) is 0 Å². The molecule has 0 bridgehead atoms. The molecule has 0 aliphatic heterocycles. The minimum absolute atomic E-state index is 0.0592. The highest BCUT2D eigenvalue weighted by Crippen LogP contribution is 2.35. The normalized spacial score (nSPS) is 11.9. The molecule has 1 amide bonds. The van der Waals surface area contributed by atoms with E-state index < -0.39 is 0 Å². The van der Waals surface area contributed by atoms with Crippen LogP contribution >= 0.6 is 0 Å². The molecule has 1 N–H and O–H groups in total. The second-order valence-electron chi connectivity index (χ2n) is 8.66. The zero-order chi connectivity index (χ0) is 24.0. The minimum Gasteiger partial charge on any atom is -0.352 e. The van der Waals surface area contributed by atoms with Crippen molar-refractivity contribution in [3.8, 4) is 0 Å². The molecular formula is C30H26FN3O. The number of amides is 1. The monoisotopic (exact) mass is 463 g/mol. The van der Waals surface area contributed by atoms with E-state index in [0.717, 1.165) is 34.1 Å². The largest absolute Gasteiger partial charge is 0.352 e. The van der Waals surface area contributed by atoms with Crippen LogP contribution in [0.1, 0.15) is 34.6 Å². The van der Waals surface area contributed by atoms with Crippen molar-refractivity contribution in [2.75, 3.05) is 0 Å². The zero-order valence-corrected chi connectivity index (χ0v) is 19.3. The highest BCUT2D eigenvalue weighted by Gasteiger charge is 2.23. The number of hydrogen-bond acceptors (Lipinski definition) is 2. The summed E-state index contributed by atoms with van der Waals surface area (Å²) in [6, 6.07) is 28.8. The second-order valence-corrected chi connectivity index (χ2v) is 8.66. The van der Waals surface area contributed by atoms with Gasteiger partial charge in [0.15, 0.2) is 0 Å². The van der Waals surface area contributed by atoms with Crippen LogP contribution in [0.5, 0.6) is 0 Å². The predicted octanol–water partition coefficient (Wildman–Crippen LogP) is 6.06. The van der Waals surface area contributed by atoms with Crippen molar-refractivity contribution in [2.45, 2.75) is 25.4 Å². The Balaban J connectivity index is 1.49. The maximum Gasteiger partial charge on any atom is 0.221 e. The minimum atomic E-state index is -0.291. The Morgan fingerprint density at radius 1 is 0.857 bits per heavy atom. The first-order chi connectivity index (χ1) is 17.2. The molecule has 5 heteroatoms. The molecule has 2 heterocycles. The van der Waals surface area contributed by atoms with Crippen LogP contribution in [0.2, 0.25) is 0 Å². The van der Waals surface area contributed by atoms with Gasteiger partial charge in [-0.15, -0.1) is 0 Å². The Labute approximate surface area is 204 Å². The number of hydrogen-bond donors (Lipinski definition) is 1. The van der Waals surface area contributed by atoms with Crippen LogP contribution in [-0.4, -0.2) is 15.5 Å². The van der Waals surface area contributed by atoms with Crippen molar-refractivity contribution in [1.29, 1.82) is 0 Å². The predicted molar refractivity (Wildman–Crippen MR) is 136 cm³/mol. The third-order valence-corrected chi connectivity index (χ3v) is 6.29. The number of fused-ring (bicyclic) bond motifs is 1. The summed E-state index contributed by atoms with van der Waals surface area (Å²) in [5, 5.41) is 4.12. The van der Waals surface area contributed by atoms with Crippen LogP contribution in [0.25, 0.3) is 10.9 Å². The van der Waals surface area contributed by atoms with Gasteiger partial charge in [-0.05, 0) is 52.6 Å². The van der Waals surface area contributed by atoms with Crippen LogP contribution in [0, 0.1) is 5.82 Å². The lowest BCUT2D eigenvalue weighted by molar-refractivity contribution is -0.121. The zero-order valence-electron chi connectivity index (χ0n) is 19.3. The maximum absolute atomic E-state index is 13.7. The van der Waals surface area contributed by atoms with E-state index in [0.29, 0.717) is 6.54 Å². The molecule has 0 saturated heterocycles. The van der Waals surface area contributed by atoms with Gasteiger partial charge in [0.05, 0.1) is 0 Å². The van der Waals surface area contributed by atoms with Gasteiger partial charge >= 0.3 is 0 Å². The summed E-state index contributed by atoms with van der Waals surface area (Å²) in [4.78, 5) is 17.1. The number of para-hydroxylation sites is 1. The van der Waals surface area contributed by atoms with Gasteiger partial charge in [0.2, 0.25) is 5.91 Å². The molecule has 0 saturated carbocycles. The molecule has 174 valence electrons. The molecule has 1 unspecified atom stereocenters. The third-order valence-electron chi connectivity index (χ3n) is 6.29. The van der Waals surface area contributed by atoms with Gasteiger partial charge in [-0.1, -0.05) is 60.7 Å². The first-order valence-corrected chi connectivity index (χ1v) is 11.7. The third kappa shape index (κ3) is 5.30. The molecular weight excluding hydrogens is 437 g/mol. The molecule has 35 heavy (non-hydrogen) atoms. The number of pyridine rings is 1. The highest BCUT2D eigenvalue weighted by atomic mass is 19.1. The SMILES string of the molecule is O=C(CC(c1ccc(F)cc1)c1cn(Cc2ccccc2)c2ccccc12)NCc1ccncc1. The summed E-state index contributed by atoms with van der Waals surface area (Å²) >= 11 is 0. The van der Waals surface area contributed by atoms with E-state index in [1.54, 1.807) is 24.5 Å². The maximum atomic E-state index is 13.7. The Morgan fingerprint density at radius 3 is 2.34 bits per heavy atom. The number of carbonyl (C=O) groups is 1. The van der Waals surface area contributed by atoms with Crippen LogP contribution in [0.4, 0.5) is 4.39 Å². The van der Waals surface area contributed by atoms with E-state index in [1.165, 1.54) is 17.7 Å². The van der Waals surface area contributed by atoms with Gasteiger partial charge < -0.3 is 9.88 Å². The number of benzene rings is 3. The average molecular weight is 464 g/mol. The lowest BCUT2D eigenvalue weighted by atomic mass is 9.88. The molecule has 3 aromatic carbocycles. The first-order valence-electron chi connectivity index (χ1n) is 11.7. The van der Waals surface area contributed by atoms with Crippen molar-refractivity contribution < 1.29 is 9.18 Å².